The summed E-state index contributed by atoms with van der Waals surface area (Å²) in [6.45, 7) is 3.94. The number of rotatable bonds is 7. The molecule has 0 unspecified atom stereocenters. The first-order valence-corrected chi connectivity index (χ1v) is 12.7. The maximum absolute atomic E-state index is 13.3. The molecule has 0 bridgehead atoms. The average Bonchev–Trinajstić information content (AvgIpc) is 2.86. The van der Waals surface area contributed by atoms with E-state index < -0.39 is 10.0 Å². The molecular weight excluding hydrogens is 454 g/mol. The van der Waals surface area contributed by atoms with Gasteiger partial charge in [0, 0.05) is 6.42 Å². The van der Waals surface area contributed by atoms with Gasteiger partial charge in [-0.3, -0.25) is 0 Å². The van der Waals surface area contributed by atoms with Crippen molar-refractivity contribution in [1.82, 2.24) is 0 Å². The van der Waals surface area contributed by atoms with Crippen LogP contribution in [0.25, 0.3) is 0 Å². The lowest BCUT2D eigenvalue weighted by Crippen LogP contribution is -2.29. The van der Waals surface area contributed by atoms with Crippen molar-refractivity contribution in [2.75, 3.05) is 5.01 Å². The van der Waals surface area contributed by atoms with Gasteiger partial charge in [0.05, 0.1) is 16.8 Å². The van der Waals surface area contributed by atoms with Crippen molar-refractivity contribution < 1.29 is 8.42 Å². The lowest BCUT2D eigenvalue weighted by molar-refractivity contribution is 0.597. The lowest BCUT2D eigenvalue weighted by atomic mass is 10.1. The molecule has 4 aromatic rings. The quantitative estimate of drug-likeness (QED) is 0.180. The molecule has 0 spiro atoms. The first kappa shape index (κ1) is 24.1. The monoisotopic (exact) mass is 481 g/mol. The summed E-state index contributed by atoms with van der Waals surface area (Å²) in [5.74, 6) is 0.298. The Labute approximate surface area is 207 Å². The van der Waals surface area contributed by atoms with E-state index in [1.807, 2.05) is 98.8 Å². The molecule has 0 saturated heterocycles. The van der Waals surface area contributed by atoms with Crippen molar-refractivity contribution in [2.45, 2.75) is 25.2 Å². The number of benzene rings is 4. The molecule has 0 aliphatic rings. The molecule has 0 N–H and O–H groups in total. The third kappa shape index (κ3) is 6.52. The topological polar surface area (TPSA) is 62.1 Å². The molecule has 4 aromatic carbocycles. The van der Waals surface area contributed by atoms with Gasteiger partial charge in [-0.15, -0.1) is 4.40 Å². The van der Waals surface area contributed by atoms with Crippen LogP contribution < -0.4 is 5.01 Å². The smallest absolute Gasteiger partial charge is 0.218 e. The maximum Gasteiger partial charge on any atom is 0.284 e. The van der Waals surface area contributed by atoms with Crippen LogP contribution in [0.15, 0.2) is 124 Å². The average molecular weight is 482 g/mol. The molecule has 176 valence electrons. The zero-order valence-corrected chi connectivity index (χ0v) is 20.6. The van der Waals surface area contributed by atoms with Crippen LogP contribution in [-0.2, 0) is 16.4 Å². The molecule has 0 aromatic heterocycles. The van der Waals surface area contributed by atoms with Gasteiger partial charge in [0.1, 0.15) is 5.84 Å². The molecular formula is C29H27N3O2S. The van der Waals surface area contributed by atoms with Crippen molar-refractivity contribution in [1.29, 1.82) is 0 Å². The molecule has 4 rings (SSSR count). The van der Waals surface area contributed by atoms with Crippen LogP contribution in [0.5, 0.6) is 0 Å². The van der Waals surface area contributed by atoms with Crippen molar-refractivity contribution in [3.63, 3.8) is 0 Å². The first-order chi connectivity index (χ1) is 16.9. The van der Waals surface area contributed by atoms with Gasteiger partial charge < -0.3 is 0 Å². The molecule has 0 aliphatic heterocycles. The Bertz CT molecular complexity index is 1410. The third-order valence-electron chi connectivity index (χ3n) is 5.39. The summed E-state index contributed by atoms with van der Waals surface area (Å²) in [5, 5.41) is 6.29. The van der Waals surface area contributed by atoms with E-state index in [0.29, 0.717) is 11.5 Å². The fourth-order valence-electron chi connectivity index (χ4n) is 3.45. The molecule has 0 atom stereocenters. The maximum atomic E-state index is 13.3. The molecule has 0 saturated carbocycles. The molecule has 35 heavy (non-hydrogen) atoms. The van der Waals surface area contributed by atoms with Crippen LogP contribution in [0.1, 0.15) is 22.3 Å². The Kier molecular flexibility index (Phi) is 7.53. The lowest BCUT2D eigenvalue weighted by Gasteiger charge is -2.21. The second-order valence-electron chi connectivity index (χ2n) is 8.26. The number of hydrazone groups is 1. The van der Waals surface area contributed by atoms with Crippen LogP contribution >= 0.6 is 0 Å². The zero-order chi connectivity index (χ0) is 24.7. The van der Waals surface area contributed by atoms with Crippen molar-refractivity contribution in [2.24, 2.45) is 9.50 Å². The number of para-hydroxylation sites is 1. The number of hydrogen-bond donors (Lipinski definition) is 0. The Morgan fingerprint density at radius 2 is 1.29 bits per heavy atom. The van der Waals surface area contributed by atoms with Gasteiger partial charge in [-0.25, -0.2) is 5.01 Å². The van der Waals surface area contributed by atoms with Gasteiger partial charge in [0.15, 0.2) is 0 Å². The minimum atomic E-state index is -3.97. The minimum Gasteiger partial charge on any atom is -0.218 e. The molecule has 0 amide bonds. The fourth-order valence-corrected chi connectivity index (χ4v) is 4.46. The van der Waals surface area contributed by atoms with Crippen LogP contribution in [0, 0.1) is 13.8 Å². The number of sulfonamides is 1. The number of nitrogens with zero attached hydrogens (tertiary/aromatic N) is 3. The van der Waals surface area contributed by atoms with Crippen LogP contribution in [0.3, 0.4) is 0 Å². The van der Waals surface area contributed by atoms with E-state index >= 15 is 0 Å². The fraction of sp³-hybridized carbons (Fsp3) is 0.103. The standard InChI is InChI=1S/C29H27N3O2S/c1-23-13-17-26(18-14-23)22-30-32(27-11-7-4-8-12-27)29(21-25-9-5-3-6-10-25)31-35(33,34)28-19-15-24(2)16-20-28/h3-20,22H,21H2,1-2H3/b30-22+,31-29+. The van der Waals surface area contributed by atoms with E-state index in [9.17, 15) is 8.42 Å². The van der Waals surface area contributed by atoms with Crippen LogP contribution in [0.4, 0.5) is 5.69 Å². The van der Waals surface area contributed by atoms with Gasteiger partial charge >= 0.3 is 0 Å². The van der Waals surface area contributed by atoms with Gasteiger partial charge in [0.25, 0.3) is 10.0 Å². The minimum absolute atomic E-state index is 0.143. The Balaban J connectivity index is 1.82. The number of anilines is 1. The van der Waals surface area contributed by atoms with E-state index in [-0.39, 0.29) is 11.3 Å². The highest BCUT2D eigenvalue weighted by atomic mass is 32.2. The Morgan fingerprint density at radius 3 is 1.89 bits per heavy atom. The Morgan fingerprint density at radius 1 is 0.743 bits per heavy atom. The van der Waals surface area contributed by atoms with Crippen molar-refractivity contribution >= 4 is 27.8 Å². The number of amidine groups is 1. The highest BCUT2D eigenvalue weighted by Gasteiger charge is 2.20. The van der Waals surface area contributed by atoms with Gasteiger partial charge in [-0.05, 0) is 49.2 Å². The second-order valence-corrected chi connectivity index (χ2v) is 9.86. The van der Waals surface area contributed by atoms with Crippen LogP contribution in [-0.4, -0.2) is 20.5 Å². The van der Waals surface area contributed by atoms with E-state index in [0.717, 1.165) is 22.3 Å². The zero-order valence-electron chi connectivity index (χ0n) is 19.7. The predicted molar refractivity (Wildman–Crippen MR) is 144 cm³/mol. The summed E-state index contributed by atoms with van der Waals surface area (Å²) in [7, 11) is -3.97. The van der Waals surface area contributed by atoms with E-state index in [1.165, 1.54) is 0 Å². The normalized spacial score (nSPS) is 12.1. The Hall–Kier alpha value is -4.03. The molecule has 0 fully saturated rings. The largest absolute Gasteiger partial charge is 0.284 e. The van der Waals surface area contributed by atoms with E-state index in [2.05, 4.69) is 4.40 Å². The SMILES string of the molecule is Cc1ccc(/C=N/N(/C(Cc2ccccc2)=N/S(=O)(=O)c2ccc(C)cc2)c2ccccc2)cc1. The highest BCUT2D eigenvalue weighted by molar-refractivity contribution is 7.90. The number of hydrogen-bond acceptors (Lipinski definition) is 3. The molecule has 0 radical (unpaired) electrons. The summed E-state index contributed by atoms with van der Waals surface area (Å²) in [6.07, 6.45) is 2.00. The third-order valence-corrected chi connectivity index (χ3v) is 6.71. The summed E-state index contributed by atoms with van der Waals surface area (Å²) >= 11 is 0. The summed E-state index contributed by atoms with van der Waals surface area (Å²) in [5.41, 5.74) is 4.67. The van der Waals surface area contributed by atoms with Crippen molar-refractivity contribution in [3.8, 4) is 0 Å². The highest BCUT2D eigenvalue weighted by Crippen LogP contribution is 2.21. The molecule has 0 aliphatic carbocycles. The first-order valence-electron chi connectivity index (χ1n) is 11.3. The van der Waals surface area contributed by atoms with Crippen LogP contribution in [0.2, 0.25) is 0 Å². The van der Waals surface area contributed by atoms with Gasteiger partial charge in [-0.1, -0.05) is 96.1 Å². The van der Waals surface area contributed by atoms with Crippen molar-refractivity contribution in [3.05, 3.63) is 131 Å². The summed E-state index contributed by atoms with van der Waals surface area (Å²) < 4.78 is 31.0. The van der Waals surface area contributed by atoms with Gasteiger partial charge in [0.2, 0.25) is 0 Å². The molecule has 5 nitrogen and oxygen atoms in total. The molecule has 0 heterocycles. The van der Waals surface area contributed by atoms with Gasteiger partial charge in [-0.2, -0.15) is 13.5 Å². The summed E-state index contributed by atoms with van der Waals surface area (Å²) in [6, 6.07) is 33.8. The van der Waals surface area contributed by atoms with E-state index in [1.54, 1.807) is 35.5 Å². The van der Waals surface area contributed by atoms with E-state index in [4.69, 9.17) is 5.10 Å². The predicted octanol–water partition coefficient (Wildman–Crippen LogP) is 6.17. The summed E-state index contributed by atoms with van der Waals surface area (Å²) in [4.78, 5) is 0.143. The second kappa shape index (κ2) is 10.9. The number of aryl methyl sites for hydroxylation is 2. The molecule has 6 heteroatoms.